The minimum absolute atomic E-state index is 0.187. The van der Waals surface area contributed by atoms with Crippen LogP contribution in [0.15, 0.2) is 42.5 Å². The molecule has 3 aromatic rings. The maximum absolute atomic E-state index is 13.6. The predicted molar refractivity (Wildman–Crippen MR) is 117 cm³/mol. The molecule has 10 heteroatoms. The van der Waals surface area contributed by atoms with Crippen molar-refractivity contribution in [3.63, 3.8) is 0 Å². The molecule has 2 atom stereocenters. The van der Waals surface area contributed by atoms with E-state index in [0.717, 1.165) is 16.5 Å². The van der Waals surface area contributed by atoms with Crippen molar-refractivity contribution in [3.05, 3.63) is 64.7 Å². The molecule has 34 heavy (non-hydrogen) atoms. The van der Waals surface area contributed by atoms with Crippen LogP contribution in [0.3, 0.4) is 0 Å². The number of carbonyl (C=O) groups excluding carboxylic acids is 1. The van der Waals surface area contributed by atoms with Gasteiger partial charge in [0, 0.05) is 23.1 Å². The number of nitrogen functional groups attached to an aromatic ring is 1. The second-order valence-electron chi connectivity index (χ2n) is 8.41. The average molecular weight is 473 g/mol. The van der Waals surface area contributed by atoms with E-state index in [9.17, 15) is 18.0 Å². The first-order valence-electron chi connectivity index (χ1n) is 10.8. The molecule has 0 radical (unpaired) electrons. The van der Waals surface area contributed by atoms with Crippen LogP contribution in [0.2, 0.25) is 0 Å². The molecule has 2 N–H and O–H groups in total. The van der Waals surface area contributed by atoms with E-state index >= 15 is 0 Å². The van der Waals surface area contributed by atoms with Crippen molar-refractivity contribution in [2.75, 3.05) is 18.9 Å². The third-order valence-corrected chi connectivity index (χ3v) is 6.10. The van der Waals surface area contributed by atoms with Crippen LogP contribution in [0.4, 0.5) is 19.0 Å². The van der Waals surface area contributed by atoms with Gasteiger partial charge in [-0.2, -0.15) is 0 Å². The van der Waals surface area contributed by atoms with E-state index < -0.39 is 12.4 Å². The zero-order chi connectivity index (χ0) is 24.0. The topological polar surface area (TPSA) is 86.9 Å². The van der Waals surface area contributed by atoms with Crippen LogP contribution in [-0.2, 0) is 22.7 Å². The molecule has 1 saturated heterocycles. The molecular weight excluding hydrogens is 451 g/mol. The van der Waals surface area contributed by atoms with Crippen molar-refractivity contribution in [3.8, 4) is 5.75 Å². The summed E-state index contributed by atoms with van der Waals surface area (Å²) in [6.07, 6.45) is -4.96. The molecule has 0 bridgehead atoms. The van der Waals surface area contributed by atoms with Crippen molar-refractivity contribution in [2.24, 2.45) is 0 Å². The maximum atomic E-state index is 13.6. The summed E-state index contributed by atoms with van der Waals surface area (Å²) in [6.45, 7) is 3.22. The summed E-state index contributed by atoms with van der Waals surface area (Å²) < 4.78 is 52.8. The molecule has 0 unspecified atom stereocenters. The Morgan fingerprint density at radius 3 is 2.62 bits per heavy atom. The van der Waals surface area contributed by atoms with Gasteiger partial charge in [-0.15, -0.1) is 13.2 Å². The van der Waals surface area contributed by atoms with Gasteiger partial charge in [0.15, 0.2) is 0 Å². The van der Waals surface area contributed by atoms with Crippen LogP contribution in [0, 0.1) is 0 Å². The molecule has 2 aliphatic rings. The van der Waals surface area contributed by atoms with Gasteiger partial charge in [-0.25, -0.2) is 4.98 Å². The van der Waals surface area contributed by atoms with E-state index in [1.165, 1.54) is 24.3 Å². The SMILES string of the molecule is C[C@H]1CN(C(=O)c2ccc3nc(N)c4c(c3c2)COC4)[C@H](c2ccc(OC(F)(F)F)cc2)CO1. The Kier molecular flexibility index (Phi) is 5.57. The lowest BCUT2D eigenvalue weighted by Crippen LogP contribution is -2.46. The van der Waals surface area contributed by atoms with Crippen molar-refractivity contribution in [1.82, 2.24) is 9.88 Å². The summed E-state index contributed by atoms with van der Waals surface area (Å²) in [4.78, 5) is 19.7. The molecule has 0 spiro atoms. The summed E-state index contributed by atoms with van der Waals surface area (Å²) in [7, 11) is 0. The van der Waals surface area contributed by atoms with Gasteiger partial charge in [0.2, 0.25) is 0 Å². The van der Waals surface area contributed by atoms with Crippen LogP contribution in [0.5, 0.6) is 5.75 Å². The second-order valence-corrected chi connectivity index (χ2v) is 8.41. The fourth-order valence-corrected chi connectivity index (χ4v) is 4.46. The molecule has 2 aromatic carbocycles. The van der Waals surface area contributed by atoms with E-state index in [-0.39, 0.29) is 24.4 Å². The fourth-order valence-electron chi connectivity index (χ4n) is 4.46. The van der Waals surface area contributed by atoms with Crippen LogP contribution in [0.1, 0.15) is 40.0 Å². The Balaban J connectivity index is 1.46. The van der Waals surface area contributed by atoms with E-state index in [2.05, 4.69) is 9.72 Å². The standard InChI is InChI=1S/C24H22F3N3O4/c1-13-9-30(21(12-33-13)14-2-5-16(6-3-14)34-24(25,26)27)23(31)15-4-7-20-17(8-15)18-10-32-11-19(18)22(28)29-20/h2-8,13,21H,9-12H2,1H3,(H2,28,29)/t13-,21-/m0/s1. The number of ether oxygens (including phenoxy) is 3. The van der Waals surface area contributed by atoms with E-state index in [0.29, 0.717) is 42.2 Å². The number of anilines is 1. The van der Waals surface area contributed by atoms with Crippen molar-refractivity contribution < 1.29 is 32.2 Å². The summed E-state index contributed by atoms with van der Waals surface area (Å²) in [5.41, 5.74) is 9.64. The quantitative estimate of drug-likeness (QED) is 0.609. The molecule has 1 aromatic heterocycles. The van der Waals surface area contributed by atoms with Gasteiger partial charge in [-0.1, -0.05) is 12.1 Å². The van der Waals surface area contributed by atoms with Crippen LogP contribution in [0.25, 0.3) is 10.9 Å². The van der Waals surface area contributed by atoms with Crippen LogP contribution < -0.4 is 10.5 Å². The number of amides is 1. The highest BCUT2D eigenvalue weighted by Gasteiger charge is 2.34. The lowest BCUT2D eigenvalue weighted by molar-refractivity contribution is -0.274. The van der Waals surface area contributed by atoms with Gasteiger partial charge < -0.3 is 24.8 Å². The summed E-state index contributed by atoms with van der Waals surface area (Å²) in [5, 5.41) is 0.819. The Morgan fingerprint density at radius 2 is 1.88 bits per heavy atom. The number of carbonyl (C=O) groups is 1. The molecule has 2 aliphatic heterocycles. The number of halogens is 3. The summed E-state index contributed by atoms with van der Waals surface area (Å²) >= 11 is 0. The number of rotatable bonds is 3. The summed E-state index contributed by atoms with van der Waals surface area (Å²) in [5.74, 6) is -0.0992. The number of alkyl halides is 3. The van der Waals surface area contributed by atoms with Crippen molar-refractivity contribution in [2.45, 2.75) is 38.6 Å². The number of aromatic nitrogens is 1. The zero-order valence-electron chi connectivity index (χ0n) is 18.3. The van der Waals surface area contributed by atoms with Gasteiger partial charge in [-0.05, 0) is 48.4 Å². The molecule has 0 saturated carbocycles. The van der Waals surface area contributed by atoms with E-state index in [1.54, 1.807) is 23.1 Å². The first kappa shape index (κ1) is 22.4. The molecular formula is C24H22F3N3O4. The Hall–Kier alpha value is -3.37. The second kappa shape index (κ2) is 8.44. The lowest BCUT2D eigenvalue weighted by Gasteiger charge is -2.39. The third-order valence-electron chi connectivity index (χ3n) is 6.10. The van der Waals surface area contributed by atoms with Gasteiger partial charge in [0.25, 0.3) is 5.91 Å². The zero-order valence-corrected chi connectivity index (χ0v) is 18.3. The fraction of sp³-hybridized carbons (Fsp3) is 0.333. The monoisotopic (exact) mass is 473 g/mol. The van der Waals surface area contributed by atoms with Gasteiger partial charge >= 0.3 is 6.36 Å². The molecule has 7 nitrogen and oxygen atoms in total. The first-order chi connectivity index (χ1) is 16.2. The van der Waals surface area contributed by atoms with E-state index in [4.69, 9.17) is 15.2 Å². The number of nitrogens with zero attached hydrogens (tertiary/aromatic N) is 2. The Bertz CT molecular complexity index is 1250. The largest absolute Gasteiger partial charge is 0.573 e. The van der Waals surface area contributed by atoms with Crippen LogP contribution >= 0.6 is 0 Å². The highest BCUT2D eigenvalue weighted by Crippen LogP contribution is 2.34. The molecule has 1 fully saturated rings. The highest BCUT2D eigenvalue weighted by molar-refractivity contribution is 5.99. The maximum Gasteiger partial charge on any atom is 0.573 e. The van der Waals surface area contributed by atoms with Gasteiger partial charge in [-0.3, -0.25) is 4.79 Å². The Morgan fingerprint density at radius 1 is 1.15 bits per heavy atom. The predicted octanol–water partition coefficient (Wildman–Crippen LogP) is 4.35. The molecule has 1 amide bonds. The number of pyridine rings is 1. The summed E-state index contributed by atoms with van der Waals surface area (Å²) in [6, 6.07) is 10.3. The molecule has 0 aliphatic carbocycles. The van der Waals surface area contributed by atoms with Gasteiger partial charge in [0.05, 0.1) is 37.5 Å². The number of fused-ring (bicyclic) bond motifs is 3. The minimum Gasteiger partial charge on any atom is -0.406 e. The third kappa shape index (κ3) is 4.26. The molecule has 3 heterocycles. The average Bonchev–Trinajstić information content (AvgIpc) is 3.29. The van der Waals surface area contributed by atoms with Crippen molar-refractivity contribution in [1.29, 1.82) is 0 Å². The van der Waals surface area contributed by atoms with Crippen molar-refractivity contribution >= 4 is 22.6 Å². The normalized spacial score (nSPS) is 20.4. The Labute approximate surface area is 193 Å². The highest BCUT2D eigenvalue weighted by atomic mass is 19.4. The first-order valence-corrected chi connectivity index (χ1v) is 10.8. The van der Waals surface area contributed by atoms with E-state index in [1.807, 2.05) is 6.92 Å². The van der Waals surface area contributed by atoms with Gasteiger partial charge in [0.1, 0.15) is 11.6 Å². The molecule has 178 valence electrons. The number of hydrogen-bond donors (Lipinski definition) is 1. The number of nitrogens with two attached hydrogens (primary N) is 1. The number of benzene rings is 2. The number of morpholine rings is 1. The smallest absolute Gasteiger partial charge is 0.406 e. The molecule has 5 rings (SSSR count). The lowest BCUT2D eigenvalue weighted by atomic mass is 9.99. The number of hydrogen-bond acceptors (Lipinski definition) is 6. The minimum atomic E-state index is -4.77. The van der Waals surface area contributed by atoms with Crippen LogP contribution in [-0.4, -0.2) is 41.4 Å².